The Balaban J connectivity index is 1.91. The lowest BCUT2D eigenvalue weighted by Crippen LogP contribution is -2.58. The zero-order valence-electron chi connectivity index (χ0n) is 13.7. The van der Waals surface area contributed by atoms with Crippen molar-refractivity contribution >= 4 is 58.0 Å². The Morgan fingerprint density at radius 3 is 2.50 bits per heavy atom. The molecule has 2 aromatic rings. The van der Waals surface area contributed by atoms with Crippen molar-refractivity contribution in [3.8, 4) is 5.75 Å². The molecule has 1 aliphatic heterocycles. The van der Waals surface area contributed by atoms with Gasteiger partial charge in [0.2, 0.25) is 5.91 Å². The first-order valence-electron chi connectivity index (χ1n) is 7.63. The van der Waals surface area contributed by atoms with Gasteiger partial charge in [-0.15, -0.1) is 0 Å². The molecule has 1 saturated heterocycles. The molecule has 0 spiro atoms. The number of hydrogen-bond acceptors (Lipinski definition) is 5. The first kappa shape index (κ1) is 18.1. The summed E-state index contributed by atoms with van der Waals surface area (Å²) in [6.45, 7) is 0. The van der Waals surface area contributed by atoms with E-state index in [0.29, 0.717) is 11.4 Å². The number of ether oxygens (including phenoxy) is 1. The van der Waals surface area contributed by atoms with Crippen molar-refractivity contribution in [2.45, 2.75) is 0 Å². The number of benzene rings is 2. The van der Waals surface area contributed by atoms with Gasteiger partial charge < -0.3 is 4.74 Å². The van der Waals surface area contributed by atoms with E-state index in [9.17, 15) is 14.4 Å². The van der Waals surface area contributed by atoms with Crippen LogP contribution in [0.1, 0.15) is 0 Å². The smallest absolute Gasteiger partial charge is 0.335 e. The first-order valence-corrected chi connectivity index (χ1v) is 8.70. The van der Waals surface area contributed by atoms with Gasteiger partial charge in [0.05, 0.1) is 18.5 Å². The van der Waals surface area contributed by atoms with Crippen LogP contribution in [0.4, 0.5) is 16.2 Å². The second-order valence-corrected chi connectivity index (χ2v) is 6.62. The Bertz CT molecular complexity index is 896. The lowest BCUT2D eigenvalue weighted by Gasteiger charge is -2.29. The van der Waals surface area contributed by atoms with Crippen molar-refractivity contribution in [3.63, 3.8) is 0 Å². The molecule has 0 aliphatic carbocycles. The Labute approximate surface area is 163 Å². The number of halogens is 1. The van der Waals surface area contributed by atoms with Gasteiger partial charge >= 0.3 is 6.03 Å². The molecule has 1 aliphatic rings. The molecule has 0 bridgehead atoms. The third-order valence-electron chi connectivity index (χ3n) is 3.73. The van der Waals surface area contributed by atoms with Crippen molar-refractivity contribution < 1.29 is 19.1 Å². The third kappa shape index (κ3) is 3.59. The molecule has 4 amide bonds. The fourth-order valence-corrected chi connectivity index (χ4v) is 2.81. The van der Waals surface area contributed by atoms with Crippen LogP contribution < -0.4 is 15.0 Å². The zero-order valence-corrected chi connectivity index (χ0v) is 15.8. The largest absolute Gasteiger partial charge is 0.495 e. The molecule has 132 valence electrons. The second kappa shape index (κ2) is 7.65. The summed E-state index contributed by atoms with van der Waals surface area (Å²) in [5.74, 6) is -2.26. The number of nitrogens with one attached hydrogen (secondary N) is 1. The van der Waals surface area contributed by atoms with Gasteiger partial charge in [-0.1, -0.05) is 12.1 Å². The zero-order chi connectivity index (χ0) is 18.7. The van der Waals surface area contributed by atoms with Gasteiger partial charge in [-0.05, 0) is 59.0 Å². The minimum Gasteiger partial charge on any atom is -0.495 e. The molecule has 2 aromatic carbocycles. The van der Waals surface area contributed by atoms with Gasteiger partial charge in [0, 0.05) is 9.78 Å². The molecular weight excluding hydrogens is 449 g/mol. The first-order chi connectivity index (χ1) is 12.5. The highest BCUT2D eigenvalue weighted by Gasteiger charge is 2.41. The molecule has 8 heteroatoms. The van der Waals surface area contributed by atoms with E-state index in [1.54, 1.807) is 36.4 Å². The molecule has 1 N–H and O–H groups in total. The molecule has 0 radical (unpaired) electrons. The van der Waals surface area contributed by atoms with Crippen molar-refractivity contribution in [1.82, 2.24) is 5.32 Å². The van der Waals surface area contributed by atoms with Crippen molar-refractivity contribution in [2.24, 2.45) is 10.9 Å². The fourth-order valence-electron chi connectivity index (χ4n) is 2.45. The molecular formula is C18H14IN3O4. The predicted molar refractivity (Wildman–Crippen MR) is 105 cm³/mol. The minimum absolute atomic E-state index is 0.262. The van der Waals surface area contributed by atoms with Gasteiger partial charge in [-0.3, -0.25) is 19.9 Å². The lowest BCUT2D eigenvalue weighted by atomic mass is 10.1. The van der Waals surface area contributed by atoms with Crippen LogP contribution in [0.3, 0.4) is 0 Å². The second-order valence-electron chi connectivity index (χ2n) is 5.37. The minimum atomic E-state index is -1.21. The standard InChI is InChI=1S/C18H14IN3O4/c1-26-15-5-3-2-4-14(15)22-17(24)13(16(23)21-18(22)25)10-20-12-8-6-11(19)7-9-12/h2-10,13H,1H3,(H,21,23,25)/t13-/m1/s1. The van der Waals surface area contributed by atoms with Crippen LogP contribution in [0.15, 0.2) is 53.5 Å². The Morgan fingerprint density at radius 1 is 1.12 bits per heavy atom. The number of anilines is 1. The summed E-state index contributed by atoms with van der Waals surface area (Å²) in [6.07, 6.45) is 1.24. The van der Waals surface area contributed by atoms with E-state index in [0.717, 1.165) is 8.47 Å². The number of nitrogens with zero attached hydrogens (tertiary/aromatic N) is 2. The Kier molecular flexibility index (Phi) is 5.31. The summed E-state index contributed by atoms with van der Waals surface area (Å²) in [5.41, 5.74) is 0.865. The van der Waals surface area contributed by atoms with E-state index >= 15 is 0 Å². The van der Waals surface area contributed by atoms with Crippen LogP contribution in [-0.2, 0) is 9.59 Å². The summed E-state index contributed by atoms with van der Waals surface area (Å²) >= 11 is 2.17. The molecule has 26 heavy (non-hydrogen) atoms. The normalized spacial score (nSPS) is 17.5. The third-order valence-corrected chi connectivity index (χ3v) is 4.45. The molecule has 7 nitrogen and oxygen atoms in total. The monoisotopic (exact) mass is 463 g/mol. The number of carbonyl (C=O) groups is 3. The maximum Gasteiger partial charge on any atom is 0.335 e. The van der Waals surface area contributed by atoms with E-state index in [1.807, 2.05) is 12.1 Å². The summed E-state index contributed by atoms with van der Waals surface area (Å²) in [4.78, 5) is 42.2. The van der Waals surface area contributed by atoms with Crippen LogP contribution in [0.5, 0.6) is 5.75 Å². The van der Waals surface area contributed by atoms with E-state index < -0.39 is 23.8 Å². The highest BCUT2D eigenvalue weighted by Crippen LogP contribution is 2.30. The molecule has 0 saturated carbocycles. The van der Waals surface area contributed by atoms with Crippen molar-refractivity contribution in [3.05, 3.63) is 52.1 Å². The summed E-state index contributed by atoms with van der Waals surface area (Å²) in [7, 11) is 1.44. The van der Waals surface area contributed by atoms with Gasteiger partial charge in [-0.25, -0.2) is 9.69 Å². The van der Waals surface area contributed by atoms with E-state index in [-0.39, 0.29) is 5.69 Å². The molecule has 1 atom stereocenters. The number of aliphatic imine (C=N–C) groups is 1. The number of hydrogen-bond donors (Lipinski definition) is 1. The average Bonchev–Trinajstić information content (AvgIpc) is 2.63. The van der Waals surface area contributed by atoms with Gasteiger partial charge in [0.1, 0.15) is 5.75 Å². The van der Waals surface area contributed by atoms with Crippen LogP contribution in [0.25, 0.3) is 0 Å². The Hall–Kier alpha value is -2.75. The number of imide groups is 2. The van der Waals surface area contributed by atoms with Crippen LogP contribution in [0.2, 0.25) is 0 Å². The van der Waals surface area contributed by atoms with E-state index in [4.69, 9.17) is 4.74 Å². The van der Waals surface area contributed by atoms with Crippen LogP contribution in [0, 0.1) is 9.49 Å². The topological polar surface area (TPSA) is 88.1 Å². The SMILES string of the molecule is COc1ccccc1N1C(=O)NC(=O)[C@@H](C=Nc2ccc(I)cc2)C1=O. The van der Waals surface area contributed by atoms with E-state index in [2.05, 4.69) is 32.9 Å². The van der Waals surface area contributed by atoms with Crippen molar-refractivity contribution in [2.75, 3.05) is 12.0 Å². The molecule has 1 heterocycles. The highest BCUT2D eigenvalue weighted by atomic mass is 127. The Morgan fingerprint density at radius 2 is 1.81 bits per heavy atom. The number of amides is 4. The number of carbonyl (C=O) groups excluding carboxylic acids is 3. The van der Waals surface area contributed by atoms with Gasteiger partial charge in [0.25, 0.3) is 5.91 Å². The fraction of sp³-hybridized carbons (Fsp3) is 0.111. The van der Waals surface area contributed by atoms with E-state index in [1.165, 1.54) is 13.3 Å². The summed E-state index contributed by atoms with van der Waals surface area (Å²) in [5, 5.41) is 2.18. The molecule has 1 fully saturated rings. The molecule has 0 aromatic heterocycles. The number of rotatable bonds is 4. The summed E-state index contributed by atoms with van der Waals surface area (Å²) in [6, 6.07) is 13.0. The quantitative estimate of drug-likeness (QED) is 0.429. The molecule has 3 rings (SSSR count). The van der Waals surface area contributed by atoms with Crippen LogP contribution >= 0.6 is 22.6 Å². The molecule has 0 unspecified atom stereocenters. The number of barbiturate groups is 1. The van der Waals surface area contributed by atoms with Gasteiger partial charge in [0.15, 0.2) is 5.92 Å². The predicted octanol–water partition coefficient (Wildman–Crippen LogP) is 2.90. The maximum absolute atomic E-state index is 12.8. The number of methoxy groups -OCH3 is 1. The lowest BCUT2D eigenvalue weighted by molar-refractivity contribution is -0.131. The van der Waals surface area contributed by atoms with Crippen molar-refractivity contribution in [1.29, 1.82) is 0 Å². The maximum atomic E-state index is 12.8. The van der Waals surface area contributed by atoms with Crippen LogP contribution in [-0.4, -0.2) is 31.2 Å². The number of para-hydroxylation sites is 2. The average molecular weight is 463 g/mol. The summed E-state index contributed by atoms with van der Waals surface area (Å²) < 4.78 is 6.25. The number of urea groups is 1. The van der Waals surface area contributed by atoms with Gasteiger partial charge in [-0.2, -0.15) is 0 Å². The highest BCUT2D eigenvalue weighted by molar-refractivity contribution is 14.1.